The fourth-order valence-electron chi connectivity index (χ4n) is 9.26. The van der Waals surface area contributed by atoms with E-state index in [1.54, 1.807) is 0 Å². The number of benzene rings is 5. The molecule has 0 spiro atoms. The first-order chi connectivity index (χ1) is 31.0. The number of aliphatic imine (C=N–C) groups is 1. The molecular weight excluding hydrogens is 777 g/mol. The second-order valence-electron chi connectivity index (χ2n) is 15.9. The number of H-pyrrole nitrogens is 2. The van der Waals surface area contributed by atoms with Gasteiger partial charge in [0, 0.05) is 44.9 Å². The molecule has 8 heteroatoms. The third-order valence-corrected chi connectivity index (χ3v) is 12.1. The van der Waals surface area contributed by atoms with E-state index < -0.39 is 11.5 Å². The van der Waals surface area contributed by atoms with Gasteiger partial charge in [-0.3, -0.25) is 4.57 Å². The summed E-state index contributed by atoms with van der Waals surface area (Å²) in [7, 11) is 0. The van der Waals surface area contributed by atoms with Gasteiger partial charge in [0.1, 0.15) is 0 Å². The number of allylic oxidation sites excluding steroid dienone is 2. The van der Waals surface area contributed by atoms with Gasteiger partial charge in [-0.05, 0) is 90.7 Å². The molecule has 3 aliphatic heterocycles. The first kappa shape index (κ1) is 37.7. The van der Waals surface area contributed by atoms with Crippen molar-refractivity contribution in [1.29, 1.82) is 0 Å². The molecule has 0 amide bonds. The van der Waals surface area contributed by atoms with E-state index in [1.807, 2.05) is 47.0 Å². The molecule has 2 N–H and O–H groups in total. The number of carbonyl (C=O) groups is 1. The zero-order valence-corrected chi connectivity index (χ0v) is 34.8. The van der Waals surface area contributed by atoms with Crippen LogP contribution in [-0.2, 0) is 15.1 Å². The Kier molecular flexibility index (Phi) is 9.20. The largest absolute Gasteiger partial charge is 0.460 e. The molecule has 1 atom stereocenters. The number of aromatic nitrogens is 3. The molecule has 5 aromatic carbocycles. The van der Waals surface area contributed by atoms with E-state index in [0.717, 1.165) is 95.0 Å². The molecule has 0 saturated carbocycles. The molecule has 6 heterocycles. The average Bonchev–Trinajstić information content (AvgIpc) is 4.18. The van der Waals surface area contributed by atoms with Gasteiger partial charge in [0.2, 0.25) is 5.84 Å². The van der Waals surface area contributed by atoms with Crippen molar-refractivity contribution in [3.63, 3.8) is 0 Å². The zero-order valence-electron chi connectivity index (χ0n) is 34.8. The molecule has 0 radical (unpaired) electrons. The Hall–Kier alpha value is -8.23. The quantitative estimate of drug-likeness (QED) is 0.157. The number of nitrogens with one attached hydrogen (secondary N) is 2. The second-order valence-corrected chi connectivity index (χ2v) is 15.9. The van der Waals surface area contributed by atoms with E-state index in [4.69, 9.17) is 14.8 Å². The van der Waals surface area contributed by atoms with Gasteiger partial charge in [-0.2, -0.15) is 0 Å². The Morgan fingerprint density at radius 3 is 1.89 bits per heavy atom. The molecule has 0 aliphatic carbocycles. The van der Waals surface area contributed by atoms with Crippen molar-refractivity contribution in [1.82, 2.24) is 14.5 Å². The number of hydrogen-bond acceptors (Lipinski definition) is 5. The zero-order chi connectivity index (χ0) is 42.5. The lowest BCUT2D eigenvalue weighted by Crippen LogP contribution is -2.52. The summed E-state index contributed by atoms with van der Waals surface area (Å²) in [5.74, 6) is -0.375. The van der Waals surface area contributed by atoms with Crippen LogP contribution in [0.1, 0.15) is 57.4 Å². The molecule has 8 bridgehead atoms. The first-order valence-corrected chi connectivity index (χ1v) is 21.2. The summed E-state index contributed by atoms with van der Waals surface area (Å²) in [6.07, 6.45) is 6.27. The van der Waals surface area contributed by atoms with E-state index in [0.29, 0.717) is 0 Å². The average molecular weight is 819 g/mol. The summed E-state index contributed by atoms with van der Waals surface area (Å²) < 4.78 is 7.74. The van der Waals surface area contributed by atoms with Crippen molar-refractivity contribution in [2.24, 2.45) is 10.1 Å². The van der Waals surface area contributed by atoms with Gasteiger partial charge in [0.15, 0.2) is 5.54 Å². The van der Waals surface area contributed by atoms with Crippen LogP contribution in [0.3, 0.4) is 0 Å². The van der Waals surface area contributed by atoms with Crippen molar-refractivity contribution in [2.45, 2.75) is 19.4 Å². The Morgan fingerprint density at radius 2 is 1.24 bits per heavy atom. The Morgan fingerprint density at radius 1 is 0.635 bits per heavy atom. The van der Waals surface area contributed by atoms with Crippen LogP contribution >= 0.6 is 0 Å². The van der Waals surface area contributed by atoms with E-state index in [1.165, 1.54) is 0 Å². The van der Waals surface area contributed by atoms with Crippen LogP contribution in [0.2, 0.25) is 0 Å². The van der Waals surface area contributed by atoms with Gasteiger partial charge in [0.05, 0.1) is 35.1 Å². The van der Waals surface area contributed by atoms with Gasteiger partial charge in [-0.25, -0.2) is 14.8 Å². The van der Waals surface area contributed by atoms with Crippen LogP contribution in [0, 0.1) is 6.92 Å². The van der Waals surface area contributed by atoms with Gasteiger partial charge in [-0.15, -0.1) is 5.10 Å². The third-order valence-electron chi connectivity index (χ3n) is 12.1. The Labute approximate surface area is 364 Å². The van der Waals surface area contributed by atoms with Gasteiger partial charge in [-0.1, -0.05) is 139 Å². The maximum Gasteiger partial charge on any atom is 0.376 e. The molecule has 11 rings (SSSR count). The van der Waals surface area contributed by atoms with Gasteiger partial charge in [0.25, 0.3) is 0 Å². The molecular formula is C55H42N6O2. The fraction of sp³-hybridized carbons (Fsp3) is 0.0727. The van der Waals surface area contributed by atoms with E-state index >= 15 is 0 Å². The number of rotatable bonds is 7. The van der Waals surface area contributed by atoms with Crippen molar-refractivity contribution < 1.29 is 9.53 Å². The summed E-state index contributed by atoms with van der Waals surface area (Å²) in [5.41, 5.74) is 12.7. The lowest BCUT2D eigenvalue weighted by molar-refractivity contribution is -0.135. The lowest BCUT2D eigenvalue weighted by atomic mass is 9.81. The smallest absolute Gasteiger partial charge is 0.376 e. The van der Waals surface area contributed by atoms with Crippen LogP contribution in [-0.4, -0.2) is 38.7 Å². The topological polar surface area (TPSA) is 90.8 Å². The monoisotopic (exact) mass is 818 g/mol. The number of nitrogens with zero attached hydrogens (tertiary/aromatic N) is 4. The van der Waals surface area contributed by atoms with E-state index in [2.05, 4.69) is 181 Å². The fourth-order valence-corrected chi connectivity index (χ4v) is 9.26. The number of anilines is 1. The molecule has 0 fully saturated rings. The number of aromatic amines is 2. The van der Waals surface area contributed by atoms with Gasteiger partial charge < -0.3 is 14.7 Å². The Bertz CT molecular complexity index is 3300. The van der Waals surface area contributed by atoms with Crippen molar-refractivity contribution in [3.05, 3.63) is 261 Å². The number of hydrazone groups is 1. The van der Waals surface area contributed by atoms with Crippen LogP contribution < -0.4 is 15.7 Å². The highest BCUT2D eigenvalue weighted by Gasteiger charge is 2.51. The molecule has 304 valence electrons. The first-order valence-electron chi connectivity index (χ1n) is 21.2. The summed E-state index contributed by atoms with van der Waals surface area (Å²) in [5, 5.41) is 9.18. The maximum absolute atomic E-state index is 14.3. The molecule has 8 nitrogen and oxygen atoms in total. The third kappa shape index (κ3) is 6.26. The van der Waals surface area contributed by atoms with E-state index in [-0.39, 0.29) is 12.4 Å². The second kappa shape index (κ2) is 15.3. The van der Waals surface area contributed by atoms with E-state index in [9.17, 15) is 4.79 Å². The van der Waals surface area contributed by atoms with Crippen LogP contribution in [0.4, 0.5) is 5.69 Å². The molecule has 3 aliphatic rings. The number of hydrogen-bond donors (Lipinski definition) is 2. The highest BCUT2D eigenvalue weighted by atomic mass is 16.5. The highest BCUT2D eigenvalue weighted by Crippen LogP contribution is 2.49. The number of carbonyl (C=O) groups excluding carboxylic acids is 1. The molecule has 3 aromatic heterocycles. The number of esters is 1. The minimum absolute atomic E-state index is 0.152. The minimum atomic E-state index is -1.15. The summed E-state index contributed by atoms with van der Waals surface area (Å²) in [6.45, 7) is 4.08. The summed E-state index contributed by atoms with van der Waals surface area (Å²) in [4.78, 5) is 27.6. The van der Waals surface area contributed by atoms with Crippen LogP contribution in [0.25, 0.3) is 16.7 Å². The lowest BCUT2D eigenvalue weighted by Gasteiger charge is -2.45. The summed E-state index contributed by atoms with van der Waals surface area (Å²) >= 11 is 0. The number of fused-ring (bicyclic) bond motifs is 7. The molecule has 1 unspecified atom stereocenters. The Balaban J connectivity index is 1.34. The molecule has 8 aromatic rings. The SMILES string of the molecule is CCOC(=O)C1=NN(c2ccc(C)cc2)C2(c3ccccc3)c3ccc([nH]3)/C(c3ccccc3)=C3/C=CC(=N3)/C(c3ccccc3)=c3/cc/c([nH]3)=C(\c3ccccc3)c3cc2n1c3. The maximum atomic E-state index is 14.3. The predicted molar refractivity (Wildman–Crippen MR) is 251 cm³/mol. The van der Waals surface area contributed by atoms with Crippen LogP contribution in [0.5, 0.6) is 0 Å². The predicted octanol–water partition coefficient (Wildman–Crippen LogP) is 9.22. The normalized spacial score (nSPS) is 19.4. The highest BCUT2D eigenvalue weighted by molar-refractivity contribution is 6.37. The standard InChI is InChI=1S/C55H42N6O2/c1-3-63-54(62)53-59-61(42-26-24-36(2)25-27-42)55(41-22-14-7-15-23-41)48-33-32-47(58-48)52(39-20-12-6-13-21-39)46-31-30-45(57-46)51(38-18-10-5-11-19-38)44-29-28-43(56-44)50(37-16-8-4-9-17-37)40-34-49(55)60(53)35-40/h4-35,56,58H,3H2,1-2H3/b50-43-,51-44-,52-46-. The van der Waals surface area contributed by atoms with Gasteiger partial charge >= 0.3 is 5.97 Å². The molecule has 63 heavy (non-hydrogen) atoms. The van der Waals surface area contributed by atoms with Crippen molar-refractivity contribution in [3.8, 4) is 0 Å². The minimum Gasteiger partial charge on any atom is -0.460 e. The van der Waals surface area contributed by atoms with Crippen molar-refractivity contribution in [2.75, 3.05) is 11.6 Å². The number of ether oxygens (including phenoxy) is 1. The molecule has 0 saturated heterocycles. The summed E-state index contributed by atoms with van der Waals surface area (Å²) in [6, 6.07) is 60.7. The van der Waals surface area contributed by atoms with Crippen LogP contribution in [0.15, 0.2) is 210 Å². The van der Waals surface area contributed by atoms with Crippen molar-refractivity contribution >= 4 is 39.9 Å². The number of aryl methyl sites for hydroxylation is 1.